The van der Waals surface area contributed by atoms with Crippen LogP contribution in [0.3, 0.4) is 0 Å². The molecule has 0 fully saturated rings. The van der Waals surface area contributed by atoms with E-state index < -0.39 is 28.0 Å². The van der Waals surface area contributed by atoms with E-state index in [-0.39, 0.29) is 0 Å². The van der Waals surface area contributed by atoms with Gasteiger partial charge in [-0.05, 0) is 12.1 Å². The van der Waals surface area contributed by atoms with Gasteiger partial charge in [-0.1, -0.05) is 0 Å². The molecule has 0 aromatic heterocycles. The molecule has 0 unspecified atom stereocenters. The summed E-state index contributed by atoms with van der Waals surface area (Å²) in [5.41, 5.74) is -1.92. The summed E-state index contributed by atoms with van der Waals surface area (Å²) < 4.78 is 49.5. The number of benzene rings is 1. The average Bonchev–Trinajstić information content (AvgIpc) is 2.07. The predicted molar refractivity (Wildman–Crippen MR) is 43.4 cm³/mol. The van der Waals surface area contributed by atoms with Crippen LogP contribution in [0.15, 0.2) is 17.0 Å². The molecule has 0 radical (unpaired) electrons. The number of rotatable bonds is 0. The van der Waals surface area contributed by atoms with Crippen molar-refractivity contribution >= 4 is 12.6 Å². The third-order valence-corrected chi connectivity index (χ3v) is 1.86. The van der Waals surface area contributed by atoms with Gasteiger partial charge in [0.15, 0.2) is 0 Å². The van der Waals surface area contributed by atoms with Crippen LogP contribution >= 0.6 is 12.6 Å². The molecular formula is C8H3F4NS. The average molecular weight is 221 g/mol. The smallest absolute Gasteiger partial charge is 0.206 e. The van der Waals surface area contributed by atoms with Crippen molar-refractivity contribution in [2.24, 2.45) is 0 Å². The molecule has 0 atom stereocenters. The molecule has 0 bridgehead atoms. The van der Waals surface area contributed by atoms with E-state index in [0.717, 1.165) is 0 Å². The van der Waals surface area contributed by atoms with Crippen molar-refractivity contribution in [3.05, 3.63) is 29.1 Å². The molecule has 0 N–H and O–H groups in total. The monoisotopic (exact) mass is 221 g/mol. The van der Waals surface area contributed by atoms with E-state index in [1.807, 2.05) is 0 Å². The predicted octanol–water partition coefficient (Wildman–Crippen LogP) is 3.00. The minimum absolute atomic E-state index is 0.434. The van der Waals surface area contributed by atoms with Gasteiger partial charge in [0, 0.05) is 4.90 Å². The molecule has 1 nitrogen and oxygen atoms in total. The number of hydrogen-bond donors (Lipinski definition) is 1. The number of halogens is 4. The fraction of sp³-hybridized carbons (Fsp3) is 0.125. The summed E-state index contributed by atoms with van der Waals surface area (Å²) >= 11 is 3.50. The van der Waals surface area contributed by atoms with Crippen LogP contribution < -0.4 is 0 Å². The number of nitrogens with zero attached hydrogens (tertiary/aromatic N) is 1. The van der Waals surface area contributed by atoms with Gasteiger partial charge in [-0.3, -0.25) is 0 Å². The van der Waals surface area contributed by atoms with Crippen LogP contribution in [-0.2, 0) is 6.18 Å². The van der Waals surface area contributed by atoms with E-state index in [0.29, 0.717) is 12.1 Å². The molecule has 0 saturated heterocycles. The van der Waals surface area contributed by atoms with Gasteiger partial charge in [-0.15, -0.1) is 12.6 Å². The molecular weight excluding hydrogens is 218 g/mol. The summed E-state index contributed by atoms with van der Waals surface area (Å²) in [4.78, 5) is -0.434. The van der Waals surface area contributed by atoms with E-state index in [1.165, 1.54) is 6.07 Å². The normalized spacial score (nSPS) is 11.1. The van der Waals surface area contributed by atoms with Gasteiger partial charge < -0.3 is 0 Å². The van der Waals surface area contributed by atoms with Gasteiger partial charge >= 0.3 is 6.18 Å². The SMILES string of the molecule is N#Cc1cc(F)c(S)cc1C(F)(F)F. The van der Waals surface area contributed by atoms with Crippen LogP contribution in [0, 0.1) is 17.1 Å². The van der Waals surface area contributed by atoms with Crippen molar-refractivity contribution in [2.75, 3.05) is 0 Å². The number of nitriles is 1. The topological polar surface area (TPSA) is 23.8 Å². The highest BCUT2D eigenvalue weighted by molar-refractivity contribution is 7.80. The van der Waals surface area contributed by atoms with E-state index in [1.54, 1.807) is 0 Å². The summed E-state index contributed by atoms with van der Waals surface area (Å²) in [6.45, 7) is 0. The van der Waals surface area contributed by atoms with Crippen LogP contribution in [0.5, 0.6) is 0 Å². The third-order valence-electron chi connectivity index (χ3n) is 1.51. The maximum absolute atomic E-state index is 12.7. The van der Waals surface area contributed by atoms with Crippen molar-refractivity contribution in [1.82, 2.24) is 0 Å². The van der Waals surface area contributed by atoms with Gasteiger partial charge in [-0.2, -0.15) is 18.4 Å². The Balaban J connectivity index is 3.45. The third kappa shape index (κ3) is 1.99. The zero-order valence-electron chi connectivity index (χ0n) is 6.56. The molecule has 74 valence electrons. The molecule has 0 aliphatic carbocycles. The van der Waals surface area contributed by atoms with Gasteiger partial charge in [0.1, 0.15) is 5.82 Å². The second kappa shape index (κ2) is 3.50. The maximum atomic E-state index is 12.7. The van der Waals surface area contributed by atoms with Crippen LogP contribution in [0.4, 0.5) is 17.6 Å². The lowest BCUT2D eigenvalue weighted by Crippen LogP contribution is -2.08. The van der Waals surface area contributed by atoms with E-state index in [4.69, 9.17) is 5.26 Å². The van der Waals surface area contributed by atoms with Crippen LogP contribution in [0.1, 0.15) is 11.1 Å². The Labute approximate surface area is 82.4 Å². The van der Waals surface area contributed by atoms with Gasteiger partial charge in [-0.25, -0.2) is 4.39 Å². The number of thiol groups is 1. The zero-order chi connectivity index (χ0) is 10.9. The molecule has 0 saturated carbocycles. The van der Waals surface area contributed by atoms with Crippen molar-refractivity contribution < 1.29 is 17.6 Å². The quantitative estimate of drug-likeness (QED) is 0.528. The second-order valence-electron chi connectivity index (χ2n) is 2.46. The summed E-state index contributed by atoms with van der Waals surface area (Å²) in [5, 5.41) is 8.36. The Morgan fingerprint density at radius 2 is 1.86 bits per heavy atom. The number of alkyl halides is 3. The Bertz CT molecular complexity index is 405. The molecule has 14 heavy (non-hydrogen) atoms. The molecule has 0 spiro atoms. The minimum Gasteiger partial charge on any atom is -0.206 e. The molecule has 6 heteroatoms. The Hall–Kier alpha value is -1.22. The Kier molecular flexibility index (Phi) is 2.71. The lowest BCUT2D eigenvalue weighted by atomic mass is 10.1. The van der Waals surface area contributed by atoms with E-state index in [9.17, 15) is 17.6 Å². The molecule has 0 aliphatic rings. The van der Waals surface area contributed by atoms with Gasteiger partial charge in [0.25, 0.3) is 0 Å². The number of hydrogen-bond acceptors (Lipinski definition) is 2. The lowest BCUT2D eigenvalue weighted by Gasteiger charge is -2.09. The molecule has 0 amide bonds. The summed E-state index contributed by atoms with van der Waals surface area (Å²) in [6.07, 6.45) is -4.67. The van der Waals surface area contributed by atoms with Crippen molar-refractivity contribution in [3.8, 4) is 6.07 Å². The highest BCUT2D eigenvalue weighted by Crippen LogP contribution is 2.33. The Morgan fingerprint density at radius 3 is 2.29 bits per heavy atom. The van der Waals surface area contributed by atoms with Crippen LogP contribution in [0.25, 0.3) is 0 Å². The largest absolute Gasteiger partial charge is 0.417 e. The molecule has 1 rings (SSSR count). The maximum Gasteiger partial charge on any atom is 0.417 e. The fourth-order valence-corrected chi connectivity index (χ4v) is 1.08. The molecule has 1 aromatic carbocycles. The molecule has 0 aliphatic heterocycles. The van der Waals surface area contributed by atoms with E-state index in [2.05, 4.69) is 12.6 Å². The highest BCUT2D eigenvalue weighted by Gasteiger charge is 2.34. The summed E-state index contributed by atoms with van der Waals surface area (Å²) in [6, 6.07) is 2.29. The molecule has 0 heterocycles. The minimum atomic E-state index is -4.67. The van der Waals surface area contributed by atoms with Gasteiger partial charge in [0.05, 0.1) is 17.2 Å². The van der Waals surface area contributed by atoms with Crippen molar-refractivity contribution in [2.45, 2.75) is 11.1 Å². The first-order chi connectivity index (χ1) is 6.36. The van der Waals surface area contributed by atoms with Crippen LogP contribution in [-0.4, -0.2) is 0 Å². The fourth-order valence-electron chi connectivity index (χ4n) is 0.889. The first-order valence-electron chi connectivity index (χ1n) is 3.36. The van der Waals surface area contributed by atoms with Crippen molar-refractivity contribution in [1.29, 1.82) is 5.26 Å². The second-order valence-corrected chi connectivity index (χ2v) is 2.94. The lowest BCUT2D eigenvalue weighted by molar-refractivity contribution is -0.138. The van der Waals surface area contributed by atoms with Crippen molar-refractivity contribution in [3.63, 3.8) is 0 Å². The first kappa shape index (κ1) is 10.9. The van der Waals surface area contributed by atoms with E-state index >= 15 is 0 Å². The van der Waals surface area contributed by atoms with Crippen LogP contribution in [0.2, 0.25) is 0 Å². The first-order valence-corrected chi connectivity index (χ1v) is 3.81. The highest BCUT2D eigenvalue weighted by atomic mass is 32.1. The standard InChI is InChI=1S/C8H3F4NS/c9-6-1-4(3-13)5(2-7(6)14)8(10,11)12/h1-2,14H. The zero-order valence-corrected chi connectivity index (χ0v) is 7.46. The summed E-state index contributed by atoms with van der Waals surface area (Å²) in [7, 11) is 0. The Morgan fingerprint density at radius 1 is 1.29 bits per heavy atom. The molecule has 1 aromatic rings. The van der Waals surface area contributed by atoms with Gasteiger partial charge in [0.2, 0.25) is 0 Å². The summed E-state index contributed by atoms with van der Waals surface area (Å²) in [5.74, 6) is -0.946.